The fourth-order valence-electron chi connectivity index (χ4n) is 1.42. The van der Waals surface area contributed by atoms with Crippen molar-refractivity contribution in [3.63, 3.8) is 0 Å². The van der Waals surface area contributed by atoms with E-state index < -0.39 is 7.82 Å². The maximum atomic E-state index is 10.2. The van der Waals surface area contributed by atoms with Crippen molar-refractivity contribution in [1.82, 2.24) is 0 Å². The summed E-state index contributed by atoms with van der Waals surface area (Å²) in [4.78, 5) is 18.5. The van der Waals surface area contributed by atoms with E-state index in [1.54, 1.807) is 0 Å². The molecule has 0 spiro atoms. The zero-order valence-electron chi connectivity index (χ0n) is 10.5. The molecule has 0 saturated heterocycles. The molecule has 0 aliphatic rings. The third kappa shape index (κ3) is 18.5. The van der Waals surface area contributed by atoms with E-state index in [-0.39, 0.29) is 75.5 Å². The van der Waals surface area contributed by atoms with Crippen molar-refractivity contribution < 1.29 is 87.8 Å². The topological polar surface area (TPSA) is 69.6 Å². The Kier molecular flexibility index (Phi) is 17.4. The molecule has 1 unspecified atom stereocenters. The summed E-state index contributed by atoms with van der Waals surface area (Å²) >= 11 is 0. The van der Waals surface area contributed by atoms with Gasteiger partial charge in [0.15, 0.2) is 0 Å². The number of rotatable bonds is 10. The summed E-state index contributed by atoms with van der Waals surface area (Å²) < 4.78 is 14.4. The van der Waals surface area contributed by atoms with Crippen molar-refractivity contribution in [2.24, 2.45) is 0 Å². The molecular formula is C10H22CsO4P. The van der Waals surface area contributed by atoms with E-state index in [9.17, 15) is 9.46 Å². The third-order valence-electron chi connectivity index (χ3n) is 2.25. The summed E-state index contributed by atoms with van der Waals surface area (Å²) in [5.41, 5.74) is 0. The number of hydrogen-bond donors (Lipinski definition) is 1. The van der Waals surface area contributed by atoms with Crippen LogP contribution in [-0.4, -0.2) is 11.5 Å². The van der Waals surface area contributed by atoms with Gasteiger partial charge in [-0.05, 0) is 6.42 Å². The van der Waals surface area contributed by atoms with E-state index in [2.05, 4.69) is 11.4 Å². The van der Waals surface area contributed by atoms with Crippen molar-refractivity contribution in [3.8, 4) is 0 Å². The van der Waals surface area contributed by atoms with Crippen LogP contribution < -0.4 is 73.8 Å². The zero-order chi connectivity index (χ0) is 11.6. The summed E-state index contributed by atoms with van der Waals surface area (Å²) in [6, 6.07) is 0. The van der Waals surface area contributed by atoms with E-state index in [4.69, 9.17) is 4.89 Å². The Labute approximate surface area is 158 Å². The van der Waals surface area contributed by atoms with Crippen molar-refractivity contribution in [3.05, 3.63) is 0 Å². The molecule has 0 aromatic heterocycles. The van der Waals surface area contributed by atoms with Crippen LogP contribution in [0.25, 0.3) is 0 Å². The maximum absolute atomic E-state index is 10.2. The molecule has 92 valence electrons. The Balaban J connectivity index is 0. The van der Waals surface area contributed by atoms with Crippen LogP contribution in [0.3, 0.4) is 0 Å². The van der Waals surface area contributed by atoms with Crippen LogP contribution in [0.15, 0.2) is 0 Å². The van der Waals surface area contributed by atoms with Crippen LogP contribution >= 0.6 is 7.82 Å². The van der Waals surface area contributed by atoms with Crippen LogP contribution in [0.5, 0.6) is 0 Å². The predicted octanol–water partition coefficient (Wildman–Crippen LogP) is -0.392. The van der Waals surface area contributed by atoms with E-state index in [0.29, 0.717) is 6.42 Å². The predicted molar refractivity (Wildman–Crippen MR) is 58.4 cm³/mol. The minimum atomic E-state index is -4.49. The molecule has 6 heteroatoms. The molecule has 0 aliphatic carbocycles. The van der Waals surface area contributed by atoms with Gasteiger partial charge in [0, 0.05) is 0 Å². The third-order valence-corrected chi connectivity index (χ3v) is 2.76. The Morgan fingerprint density at radius 2 is 1.50 bits per heavy atom. The number of phosphoric ester groups is 1. The first-order valence-electron chi connectivity index (χ1n) is 5.74. The number of unbranched alkanes of at least 4 members (excludes halogenated alkanes) is 7. The van der Waals surface area contributed by atoms with E-state index in [1.807, 2.05) is 0 Å². The molecule has 0 aliphatic heterocycles. The molecule has 0 aromatic rings. The molecule has 0 aromatic carbocycles. The summed E-state index contributed by atoms with van der Waals surface area (Å²) in [6.45, 7) is 2.29. The fraction of sp³-hybridized carbons (Fsp3) is 1.00. The van der Waals surface area contributed by atoms with Gasteiger partial charge in [0.05, 0.1) is 6.61 Å². The average Bonchev–Trinajstić information content (AvgIpc) is 2.14. The van der Waals surface area contributed by atoms with Gasteiger partial charge in [-0.2, -0.15) is 0 Å². The molecule has 1 N–H and O–H groups in total. The first kappa shape index (κ1) is 20.5. The summed E-state index contributed by atoms with van der Waals surface area (Å²) in [5, 5.41) is 0. The van der Waals surface area contributed by atoms with Crippen LogP contribution in [0.4, 0.5) is 0 Å². The molecule has 0 fully saturated rings. The Morgan fingerprint density at radius 1 is 1.06 bits per heavy atom. The SMILES string of the molecule is CCCCCCCCCCOP(=O)([O-])O.[Cs+]. The van der Waals surface area contributed by atoms with E-state index in [0.717, 1.165) is 12.8 Å². The van der Waals surface area contributed by atoms with Gasteiger partial charge in [0.2, 0.25) is 0 Å². The van der Waals surface area contributed by atoms with Gasteiger partial charge in [-0.15, -0.1) is 0 Å². The fourth-order valence-corrected chi connectivity index (χ4v) is 1.78. The molecule has 0 bridgehead atoms. The van der Waals surface area contributed by atoms with E-state index >= 15 is 0 Å². The smallest absolute Gasteiger partial charge is 0.756 e. The molecule has 0 rings (SSSR count). The second-order valence-corrected chi connectivity index (χ2v) is 4.97. The van der Waals surface area contributed by atoms with Gasteiger partial charge in [0.1, 0.15) is 0 Å². The van der Waals surface area contributed by atoms with Gasteiger partial charge in [-0.25, -0.2) is 0 Å². The summed E-state index contributed by atoms with van der Waals surface area (Å²) in [6.07, 6.45) is 9.08. The quantitative estimate of drug-likeness (QED) is 0.420. The van der Waals surface area contributed by atoms with Gasteiger partial charge in [0.25, 0.3) is 7.82 Å². The Hall–Kier alpha value is 2.16. The van der Waals surface area contributed by atoms with Crippen LogP contribution in [-0.2, 0) is 9.09 Å². The molecular weight excluding hydrogens is 348 g/mol. The monoisotopic (exact) mass is 370 g/mol. The first-order valence-corrected chi connectivity index (χ1v) is 7.24. The first-order chi connectivity index (χ1) is 7.06. The molecule has 0 amide bonds. The van der Waals surface area contributed by atoms with Crippen molar-refractivity contribution in [2.75, 3.05) is 6.61 Å². The molecule has 0 heterocycles. The summed E-state index contributed by atoms with van der Waals surface area (Å²) in [7, 11) is -4.49. The molecule has 0 saturated carbocycles. The largest absolute Gasteiger partial charge is 1.00 e. The molecule has 16 heavy (non-hydrogen) atoms. The normalized spacial score (nSPS) is 14.2. The minimum Gasteiger partial charge on any atom is -0.756 e. The number of phosphoric acid groups is 1. The van der Waals surface area contributed by atoms with Gasteiger partial charge >= 0.3 is 68.9 Å². The minimum absolute atomic E-state index is 0. The van der Waals surface area contributed by atoms with Crippen LogP contribution in [0.1, 0.15) is 58.3 Å². The Bertz CT molecular complexity index is 184. The van der Waals surface area contributed by atoms with Crippen LogP contribution in [0, 0.1) is 0 Å². The Morgan fingerprint density at radius 3 is 1.94 bits per heavy atom. The molecule has 1 atom stereocenters. The maximum Gasteiger partial charge on any atom is 1.00 e. The van der Waals surface area contributed by atoms with Crippen LogP contribution in [0.2, 0.25) is 0 Å². The summed E-state index contributed by atoms with van der Waals surface area (Å²) in [5.74, 6) is 0. The van der Waals surface area contributed by atoms with Crippen molar-refractivity contribution in [1.29, 1.82) is 0 Å². The van der Waals surface area contributed by atoms with Gasteiger partial charge in [-0.3, -0.25) is 4.57 Å². The zero-order valence-corrected chi connectivity index (χ0v) is 17.7. The van der Waals surface area contributed by atoms with Gasteiger partial charge < -0.3 is 14.3 Å². The van der Waals surface area contributed by atoms with Crippen molar-refractivity contribution >= 4 is 7.82 Å². The van der Waals surface area contributed by atoms with Crippen molar-refractivity contribution in [2.45, 2.75) is 58.3 Å². The second kappa shape index (κ2) is 13.6. The molecule has 4 nitrogen and oxygen atoms in total. The second-order valence-electron chi connectivity index (χ2n) is 3.78. The van der Waals surface area contributed by atoms with Gasteiger partial charge in [-0.1, -0.05) is 51.9 Å². The van der Waals surface area contributed by atoms with E-state index in [1.165, 1.54) is 32.1 Å². The average molecular weight is 370 g/mol. The number of hydrogen-bond acceptors (Lipinski definition) is 3. The molecule has 0 radical (unpaired) electrons. The standard InChI is InChI=1S/C10H23O4P.Cs/c1-2-3-4-5-6-7-8-9-10-14-15(11,12)13;/h2-10H2,1H3,(H2,11,12,13);/q;+1/p-1.